The van der Waals surface area contributed by atoms with E-state index in [0.29, 0.717) is 114 Å². The standard InChI is InChI=1S/C26H25N3O5.C22H20N2O3.C18H18N4O5.C12H14N4O2.C12H10N2O3.C10H12BrNOS/c1-18-11-13-21(34-18)10-7-15-27-29-26(31)22(28-25(30)20-8-5-4-6-9-20)16-19-12-14-23(32-2)24(17-19)33-3;1-15-5-9-17(10-6-15)21(25)24-20(14-19-4-3-13-27-19)22(26)23-18-11-7-16(2)8-12-18;1-24-15-7-11(8-16(25-2)17(15)26-3)10-19-22-18(23)13-9-12(20-21-13)14-5-4-6-27-14;1-8(2)10-6-11(15-14-10)12(17)16-13-7-9-4-3-5-18-9;15-10-5-3-9(4-6-10)12(16)14-13-8-11-2-1-7-17-11;1-13-9-3-2-7(6-8(9)11)10-12-4-5-14-10/h4-17H,1-3H3,(H,28,30)(H,29,31);3-14H,1-2H3,(H,23,26)(H,24,25);4-10H,1-3H3,(H,20,21)(H,22,23);3-8H,1-2H3,(H,14,15)(H,16,17);1-8,15H,(H,14,16);2-3,6,10,12H,4-5H2,1H3/b10-7+,22-16+,27-15-;20-14+;19-10+;13-7+;13-8+;. The molecule has 1 aliphatic heterocycles. The molecule has 1 saturated heterocycles. The molecule has 1 aliphatic rings. The summed E-state index contributed by atoms with van der Waals surface area (Å²) in [5.41, 5.74) is 18.3. The van der Waals surface area contributed by atoms with Gasteiger partial charge in [0, 0.05) is 64.3 Å². The molecule has 0 aliphatic carbocycles. The number of hydrazone groups is 4. The number of phenolic OH excluding ortho intramolecular Hbond substituents is 1. The third kappa shape index (κ3) is 32.7. The highest BCUT2D eigenvalue weighted by Crippen LogP contribution is 2.39. The second-order valence-corrected chi connectivity index (χ2v) is 31.0. The van der Waals surface area contributed by atoms with Crippen molar-refractivity contribution < 1.29 is 89.2 Å². The molecule has 11 N–H and O–H groups in total. The second kappa shape index (κ2) is 53.4. The van der Waals surface area contributed by atoms with Crippen molar-refractivity contribution in [2.24, 2.45) is 20.4 Å². The molecule has 7 aromatic carbocycles. The third-order valence-corrected chi connectivity index (χ3v) is 20.6. The summed E-state index contributed by atoms with van der Waals surface area (Å²) in [4.78, 5) is 86.1. The van der Waals surface area contributed by atoms with E-state index in [1.54, 1.807) is 165 Å². The Balaban J connectivity index is 0.000000174. The van der Waals surface area contributed by atoms with Crippen LogP contribution in [0.2, 0.25) is 0 Å². The minimum absolute atomic E-state index is 0.00358. The lowest BCUT2D eigenvalue weighted by Crippen LogP contribution is -2.32. The van der Waals surface area contributed by atoms with Gasteiger partial charge in [-0.05, 0) is 236 Å². The summed E-state index contributed by atoms with van der Waals surface area (Å²) in [5, 5.41) is 49.8. The number of thioether (sulfide) groups is 1. The third-order valence-electron chi connectivity index (χ3n) is 18.8. The first-order valence-electron chi connectivity index (χ1n) is 41.8. The van der Waals surface area contributed by atoms with Gasteiger partial charge in [0.2, 0.25) is 5.75 Å². The molecular formula is C100H99BrN16O19S. The van der Waals surface area contributed by atoms with Crippen LogP contribution in [0.3, 0.4) is 0 Å². The molecule has 1 fully saturated rings. The van der Waals surface area contributed by atoms with Crippen LogP contribution < -0.4 is 71.4 Å². The van der Waals surface area contributed by atoms with Crippen LogP contribution in [-0.2, 0) is 9.59 Å². The smallest absolute Gasteiger partial charge is 0.291 e. The maximum absolute atomic E-state index is 12.8. The summed E-state index contributed by atoms with van der Waals surface area (Å²) in [6.45, 7) is 10.9. The van der Waals surface area contributed by atoms with Gasteiger partial charge < -0.3 is 76.9 Å². The fourth-order valence-corrected chi connectivity index (χ4v) is 13.3. The number of H-pyrrole nitrogens is 2. The van der Waals surface area contributed by atoms with Gasteiger partial charge in [-0.15, -0.1) is 11.8 Å². The number of ether oxygens (including phenoxy) is 6. The number of nitrogens with one attached hydrogen (secondary N) is 10. The van der Waals surface area contributed by atoms with Crippen LogP contribution in [-0.4, -0.2) is 147 Å². The lowest BCUT2D eigenvalue weighted by Gasteiger charge is -2.12. The van der Waals surface area contributed by atoms with Crippen molar-refractivity contribution in [3.8, 4) is 51.7 Å². The summed E-state index contributed by atoms with van der Waals surface area (Å²) in [6.07, 6.45) is 18.1. The van der Waals surface area contributed by atoms with Crippen LogP contribution in [0.25, 0.3) is 29.7 Å². The van der Waals surface area contributed by atoms with Crippen molar-refractivity contribution in [2.45, 2.75) is 45.9 Å². The Morgan fingerprint density at radius 2 is 1.02 bits per heavy atom. The lowest BCUT2D eigenvalue weighted by molar-refractivity contribution is -0.117. The Morgan fingerprint density at radius 3 is 1.57 bits per heavy atom. The number of nitrogens with zero attached hydrogens (tertiary/aromatic N) is 6. The summed E-state index contributed by atoms with van der Waals surface area (Å²) in [6, 6.07) is 64.6. The SMILES string of the molecule is CC(C)c1cc(C(=O)N/N=C/c2ccco2)n[nH]1.COc1cc(/C=N/NC(=O)c2cc(-c3ccco3)[nH]n2)cc(OC)c1OC.COc1ccc(/C=C(/NC(=O)c2ccccc2)C(=O)N/N=C\C=C\c2ccc(C)o2)cc1OC.COc1ccc(C2NCCS2)cc1Br.Cc1ccc(NC(=O)/C(=C\c2ccco2)NC(=O)c2ccc(C)cc2)cc1.O=C(N/N=C/c1ccco1)c1ccc(O)cc1. The van der Waals surface area contributed by atoms with Gasteiger partial charge in [-0.1, -0.05) is 79.6 Å². The highest BCUT2D eigenvalue weighted by molar-refractivity contribution is 9.10. The average molecular weight is 1940 g/mol. The van der Waals surface area contributed by atoms with Gasteiger partial charge in [0.15, 0.2) is 40.1 Å². The molecule has 15 rings (SSSR count). The Hall–Kier alpha value is -17.1. The first-order valence-corrected chi connectivity index (χ1v) is 43.6. The van der Waals surface area contributed by atoms with Crippen LogP contribution >= 0.6 is 27.7 Å². The monoisotopic (exact) mass is 1940 g/mol. The molecule has 7 aromatic heterocycles. The van der Waals surface area contributed by atoms with Gasteiger partial charge in [-0.25, -0.2) is 21.7 Å². The lowest BCUT2D eigenvalue weighted by atomic mass is 10.1. The number of aryl methyl sites for hydroxylation is 3. The molecule has 14 aromatic rings. The normalized spacial score (nSPS) is 12.1. The number of hydrogen-bond acceptors (Lipinski definition) is 27. The van der Waals surface area contributed by atoms with Gasteiger partial charge in [0.25, 0.3) is 41.4 Å². The number of aromatic nitrogens is 4. The van der Waals surface area contributed by atoms with Crippen molar-refractivity contribution >= 4 is 118 Å². The number of hydrogen-bond donors (Lipinski definition) is 11. The van der Waals surface area contributed by atoms with Crippen LogP contribution in [0.1, 0.15) is 140 Å². The number of aromatic amines is 2. The molecule has 0 radical (unpaired) electrons. The minimum Gasteiger partial charge on any atom is -0.508 e. The Kier molecular flexibility index (Phi) is 39.8. The number of aromatic hydroxyl groups is 1. The topological polar surface area (TPSA) is 464 Å². The minimum atomic E-state index is -0.599. The van der Waals surface area contributed by atoms with Crippen molar-refractivity contribution in [1.29, 1.82) is 0 Å². The van der Waals surface area contributed by atoms with Crippen molar-refractivity contribution in [2.75, 3.05) is 60.3 Å². The van der Waals surface area contributed by atoms with Crippen LogP contribution in [0.4, 0.5) is 5.69 Å². The average Bonchev–Trinajstić information content (AvgIpc) is 1.38. The molecule has 0 spiro atoms. The number of furan rings is 5. The number of halogens is 1. The molecule has 0 bridgehead atoms. The predicted molar refractivity (Wildman–Crippen MR) is 525 cm³/mol. The Labute approximate surface area is 800 Å². The van der Waals surface area contributed by atoms with Gasteiger partial charge in [-0.2, -0.15) is 30.6 Å². The first kappa shape index (κ1) is 102. The summed E-state index contributed by atoms with van der Waals surface area (Å²) in [7, 11) is 9.30. The summed E-state index contributed by atoms with van der Waals surface area (Å²) < 4.78 is 58.6. The van der Waals surface area contributed by atoms with Crippen LogP contribution in [0, 0.1) is 20.8 Å². The molecule has 137 heavy (non-hydrogen) atoms. The number of allylic oxidation sites excluding steroid dienone is 1. The van der Waals surface area contributed by atoms with Crippen LogP contribution in [0.5, 0.6) is 40.2 Å². The number of phenols is 1. The van der Waals surface area contributed by atoms with Crippen molar-refractivity contribution in [1.82, 2.24) is 58.0 Å². The molecule has 1 unspecified atom stereocenters. The Morgan fingerprint density at radius 1 is 0.482 bits per heavy atom. The molecular weight excluding hydrogens is 1840 g/mol. The van der Waals surface area contributed by atoms with E-state index in [9.17, 15) is 33.6 Å². The number of anilines is 1. The quantitative estimate of drug-likeness (QED) is 0.0113. The second-order valence-electron chi connectivity index (χ2n) is 29.0. The first-order chi connectivity index (χ1) is 66.4. The number of benzene rings is 7. The highest BCUT2D eigenvalue weighted by atomic mass is 79.9. The Bertz CT molecular complexity index is 6440. The fourth-order valence-electron chi connectivity index (χ4n) is 11.7. The van der Waals surface area contributed by atoms with Gasteiger partial charge >= 0.3 is 0 Å². The molecule has 37 heteroatoms. The van der Waals surface area contributed by atoms with E-state index in [0.717, 1.165) is 39.3 Å². The van der Waals surface area contributed by atoms with Gasteiger partial charge in [0.1, 0.15) is 57.4 Å². The molecule has 0 saturated carbocycles. The van der Waals surface area contributed by atoms with E-state index in [2.05, 4.69) is 112 Å². The van der Waals surface area contributed by atoms with E-state index in [1.165, 1.54) is 133 Å². The number of methoxy groups -OCH3 is 6. The number of carbonyl (C=O) groups is 7. The zero-order valence-corrected chi connectivity index (χ0v) is 78.5. The summed E-state index contributed by atoms with van der Waals surface area (Å²) >= 11 is 5.44. The number of rotatable bonds is 30. The van der Waals surface area contributed by atoms with E-state index < -0.39 is 23.6 Å². The largest absolute Gasteiger partial charge is 0.508 e. The predicted octanol–water partition coefficient (Wildman–Crippen LogP) is 17.4. The fraction of sp³-hybridized carbons (Fsp3) is 0.150. The zero-order chi connectivity index (χ0) is 97.8. The molecule has 8 heterocycles. The van der Waals surface area contributed by atoms with Crippen molar-refractivity contribution in [3.05, 3.63) is 362 Å². The van der Waals surface area contributed by atoms with Gasteiger partial charge in [-0.3, -0.25) is 43.8 Å². The maximum atomic E-state index is 12.8. The van der Waals surface area contributed by atoms with Crippen LogP contribution in [0.15, 0.2) is 314 Å². The number of amides is 7. The van der Waals surface area contributed by atoms with Crippen molar-refractivity contribution in [3.63, 3.8) is 0 Å². The molecule has 7 amide bonds. The van der Waals surface area contributed by atoms with Gasteiger partial charge in [0.05, 0.1) is 96.2 Å². The number of carbonyl (C=O) groups excluding carboxylic acids is 7. The van der Waals surface area contributed by atoms with E-state index >= 15 is 0 Å². The van der Waals surface area contributed by atoms with E-state index in [1.807, 2.05) is 88.8 Å². The summed E-state index contributed by atoms with van der Waals surface area (Å²) in [5.74, 6) is 5.58. The highest BCUT2D eigenvalue weighted by Gasteiger charge is 2.22. The molecule has 1 atom stereocenters. The van der Waals surface area contributed by atoms with E-state index in [-0.39, 0.29) is 40.6 Å². The molecule has 35 nitrogen and oxygen atoms in total. The maximum Gasteiger partial charge on any atom is 0.291 e. The zero-order valence-electron chi connectivity index (χ0n) is 76.1. The molecule has 706 valence electrons. The van der Waals surface area contributed by atoms with E-state index in [4.69, 9.17) is 55.6 Å².